The fourth-order valence-electron chi connectivity index (χ4n) is 4.59. The van der Waals surface area contributed by atoms with Crippen LogP contribution in [0, 0.1) is 0 Å². The van der Waals surface area contributed by atoms with E-state index < -0.39 is 0 Å². The summed E-state index contributed by atoms with van der Waals surface area (Å²) in [7, 11) is 1.92. The first-order valence-corrected chi connectivity index (χ1v) is 11.3. The molecule has 5 rings (SSSR count). The summed E-state index contributed by atoms with van der Waals surface area (Å²) in [6.45, 7) is 6.29. The highest BCUT2D eigenvalue weighted by atomic mass is 32.1. The number of imidazole rings is 1. The second kappa shape index (κ2) is 7.90. The van der Waals surface area contributed by atoms with E-state index in [1.807, 2.05) is 35.9 Å². The van der Waals surface area contributed by atoms with Crippen LogP contribution in [0.2, 0.25) is 0 Å². The van der Waals surface area contributed by atoms with E-state index in [4.69, 9.17) is 0 Å². The second-order valence-corrected chi connectivity index (χ2v) is 9.06. The number of rotatable bonds is 4. The quantitative estimate of drug-likeness (QED) is 0.531. The third-order valence-electron chi connectivity index (χ3n) is 5.89. The summed E-state index contributed by atoms with van der Waals surface area (Å²) in [5.74, 6) is 1.51. The summed E-state index contributed by atoms with van der Waals surface area (Å²) >= 11 is 1.63. The van der Waals surface area contributed by atoms with Crippen molar-refractivity contribution in [3.63, 3.8) is 0 Å². The minimum absolute atomic E-state index is 0.0477. The van der Waals surface area contributed by atoms with Crippen molar-refractivity contribution in [1.29, 1.82) is 0 Å². The molecule has 4 aromatic rings. The Hall–Kier alpha value is -3.04. The molecule has 4 heterocycles. The summed E-state index contributed by atoms with van der Waals surface area (Å²) in [6.07, 6.45) is 1.64. The first-order valence-electron chi connectivity index (χ1n) is 10.4. The fourth-order valence-corrected chi connectivity index (χ4v) is 5.31. The second-order valence-electron chi connectivity index (χ2n) is 8.17. The van der Waals surface area contributed by atoms with Crippen molar-refractivity contribution in [1.82, 2.24) is 24.4 Å². The van der Waals surface area contributed by atoms with E-state index in [2.05, 4.69) is 55.4 Å². The highest BCUT2D eigenvalue weighted by molar-refractivity contribution is 7.16. The number of anilines is 2. The summed E-state index contributed by atoms with van der Waals surface area (Å²) in [4.78, 5) is 31.8. The number of hydrogen-bond donors (Lipinski definition) is 1. The molecule has 31 heavy (non-hydrogen) atoms. The predicted octanol–water partition coefficient (Wildman–Crippen LogP) is 3.12. The Morgan fingerprint density at radius 1 is 1.16 bits per heavy atom. The highest BCUT2D eigenvalue weighted by Crippen LogP contribution is 2.31. The number of piperazine rings is 1. The molecule has 1 aliphatic rings. The molecule has 0 radical (unpaired) electrons. The molecule has 1 N–H and O–H groups in total. The molecule has 1 fully saturated rings. The minimum atomic E-state index is -0.0477. The Morgan fingerprint density at radius 3 is 2.71 bits per heavy atom. The van der Waals surface area contributed by atoms with Gasteiger partial charge in [0.25, 0.3) is 0 Å². The minimum Gasteiger partial charge on any atom is -0.348 e. The van der Waals surface area contributed by atoms with Crippen LogP contribution in [0.4, 0.5) is 11.8 Å². The Bertz CT molecular complexity index is 1240. The molecule has 8 nitrogen and oxygen atoms in total. The van der Waals surface area contributed by atoms with E-state index in [0.29, 0.717) is 12.5 Å². The van der Waals surface area contributed by atoms with E-state index >= 15 is 0 Å². The summed E-state index contributed by atoms with van der Waals surface area (Å²) < 4.78 is 1.91. The van der Waals surface area contributed by atoms with E-state index in [1.165, 1.54) is 0 Å². The summed E-state index contributed by atoms with van der Waals surface area (Å²) in [5.41, 5.74) is 1.87. The van der Waals surface area contributed by atoms with Crippen LogP contribution in [0.15, 0.2) is 42.0 Å². The number of benzene rings is 1. The Balaban J connectivity index is 1.28. The van der Waals surface area contributed by atoms with Gasteiger partial charge in [0.1, 0.15) is 17.0 Å². The number of carbonyl (C=O) groups is 1. The lowest BCUT2D eigenvalue weighted by atomic mass is 10.1. The van der Waals surface area contributed by atoms with Crippen LogP contribution in [0.3, 0.4) is 0 Å². The molecule has 0 bridgehead atoms. The fraction of sp³-hybridized carbons (Fsp3) is 0.364. The number of aromatic nitrogens is 4. The lowest BCUT2D eigenvalue weighted by molar-refractivity contribution is -0.117. The third-order valence-corrected chi connectivity index (χ3v) is 6.71. The van der Waals surface area contributed by atoms with Gasteiger partial charge >= 0.3 is 0 Å². The van der Waals surface area contributed by atoms with Gasteiger partial charge in [-0.2, -0.15) is 0 Å². The molecule has 0 aliphatic carbocycles. The number of nitrogens with zero attached hydrogens (tertiary/aromatic N) is 6. The number of hydrogen-bond acceptors (Lipinski definition) is 7. The molecule has 9 heteroatoms. The Kier molecular flexibility index (Phi) is 5.07. The number of para-hydroxylation sites is 2. The van der Waals surface area contributed by atoms with Crippen LogP contribution in [-0.4, -0.2) is 62.0 Å². The Labute approximate surface area is 184 Å². The molecule has 0 unspecified atom stereocenters. The molecule has 1 aliphatic heterocycles. The van der Waals surface area contributed by atoms with Crippen molar-refractivity contribution in [3.8, 4) is 0 Å². The molecule has 1 aromatic carbocycles. The van der Waals surface area contributed by atoms with Gasteiger partial charge in [-0.25, -0.2) is 15.0 Å². The van der Waals surface area contributed by atoms with Gasteiger partial charge in [-0.1, -0.05) is 12.1 Å². The zero-order valence-corrected chi connectivity index (χ0v) is 18.6. The van der Waals surface area contributed by atoms with Crippen LogP contribution < -0.4 is 10.2 Å². The number of aryl methyl sites for hydroxylation is 1. The zero-order valence-electron chi connectivity index (χ0n) is 17.8. The van der Waals surface area contributed by atoms with Crippen LogP contribution in [0.5, 0.6) is 0 Å². The van der Waals surface area contributed by atoms with Crippen molar-refractivity contribution >= 4 is 50.3 Å². The summed E-state index contributed by atoms with van der Waals surface area (Å²) in [5, 5.41) is 6.13. The van der Waals surface area contributed by atoms with E-state index in [0.717, 1.165) is 40.2 Å². The first-order chi connectivity index (χ1) is 15.0. The van der Waals surface area contributed by atoms with Crippen molar-refractivity contribution in [2.45, 2.75) is 25.9 Å². The molecule has 3 aromatic heterocycles. The van der Waals surface area contributed by atoms with Gasteiger partial charge in [-0.05, 0) is 37.4 Å². The van der Waals surface area contributed by atoms with Crippen LogP contribution in [-0.2, 0) is 11.8 Å². The maximum Gasteiger partial charge on any atom is 0.240 e. The van der Waals surface area contributed by atoms with Gasteiger partial charge in [-0.15, -0.1) is 11.3 Å². The number of thiophene rings is 1. The normalized spacial score (nSPS) is 19.9. The van der Waals surface area contributed by atoms with Gasteiger partial charge in [0.05, 0.1) is 23.0 Å². The molecule has 160 valence electrons. The van der Waals surface area contributed by atoms with Crippen molar-refractivity contribution in [2.24, 2.45) is 7.05 Å². The number of carbonyl (C=O) groups excluding carboxylic acids is 1. The summed E-state index contributed by atoms with van der Waals surface area (Å²) in [6, 6.07) is 10.4. The predicted molar refractivity (Wildman–Crippen MR) is 125 cm³/mol. The van der Waals surface area contributed by atoms with Crippen molar-refractivity contribution in [3.05, 3.63) is 42.0 Å². The lowest BCUT2D eigenvalue weighted by Gasteiger charge is -2.45. The SMILES string of the molecule is C[C@@H]1CN(CC(=O)Nc2nc3ccccc3n2C)C[C@H](C)N1c1ncnc2sccc12. The molecule has 2 atom stereocenters. The Morgan fingerprint density at radius 2 is 1.94 bits per heavy atom. The van der Waals surface area contributed by atoms with E-state index in [-0.39, 0.29) is 18.0 Å². The number of amides is 1. The molecule has 1 saturated heterocycles. The topological polar surface area (TPSA) is 79.2 Å². The largest absolute Gasteiger partial charge is 0.348 e. The monoisotopic (exact) mass is 435 g/mol. The van der Waals surface area contributed by atoms with Gasteiger partial charge in [-0.3, -0.25) is 15.0 Å². The standard InChI is InChI=1S/C22H25N7OS/c1-14-10-28(11-15(2)29(14)20-16-8-9-31-21(16)24-13-23-20)12-19(30)26-22-25-17-6-4-5-7-18(17)27(22)3/h4-9,13-15H,10-12H2,1-3H3,(H,25,26,30)/t14-,15+. The molecule has 1 amide bonds. The van der Waals surface area contributed by atoms with Gasteiger partial charge < -0.3 is 9.47 Å². The lowest BCUT2D eigenvalue weighted by Crippen LogP contribution is -2.58. The molecule has 0 spiro atoms. The van der Waals surface area contributed by atoms with Crippen LogP contribution >= 0.6 is 11.3 Å². The maximum absolute atomic E-state index is 12.8. The van der Waals surface area contributed by atoms with Gasteiger partial charge in [0.15, 0.2) is 0 Å². The smallest absolute Gasteiger partial charge is 0.240 e. The molecular weight excluding hydrogens is 410 g/mol. The third kappa shape index (κ3) is 3.64. The number of nitrogens with one attached hydrogen (secondary N) is 1. The first kappa shape index (κ1) is 19.9. The highest BCUT2D eigenvalue weighted by Gasteiger charge is 2.32. The average molecular weight is 436 g/mol. The van der Waals surface area contributed by atoms with Gasteiger partial charge in [0.2, 0.25) is 11.9 Å². The van der Waals surface area contributed by atoms with E-state index in [9.17, 15) is 4.79 Å². The van der Waals surface area contributed by atoms with Crippen molar-refractivity contribution in [2.75, 3.05) is 29.9 Å². The average Bonchev–Trinajstić information content (AvgIpc) is 3.33. The van der Waals surface area contributed by atoms with Crippen molar-refractivity contribution < 1.29 is 4.79 Å². The van der Waals surface area contributed by atoms with Gasteiger partial charge in [0, 0.05) is 32.2 Å². The number of fused-ring (bicyclic) bond motifs is 2. The molecule has 0 saturated carbocycles. The van der Waals surface area contributed by atoms with E-state index in [1.54, 1.807) is 17.7 Å². The molecular formula is C22H25N7OS. The van der Waals surface area contributed by atoms with Crippen LogP contribution in [0.1, 0.15) is 13.8 Å². The zero-order chi connectivity index (χ0) is 21.5. The maximum atomic E-state index is 12.8. The van der Waals surface area contributed by atoms with Crippen LogP contribution in [0.25, 0.3) is 21.3 Å².